The molecule has 7 aromatic carbocycles. The molecule has 11 aromatic rings. The van der Waals surface area contributed by atoms with E-state index in [1.807, 2.05) is 22.7 Å². The van der Waals surface area contributed by atoms with Crippen LogP contribution in [0.2, 0.25) is 0 Å². The van der Waals surface area contributed by atoms with Crippen molar-refractivity contribution in [1.29, 1.82) is 0 Å². The molecule has 0 atom stereocenters. The molecule has 11 rings (SSSR count). The molecule has 0 unspecified atom stereocenters. The van der Waals surface area contributed by atoms with E-state index in [-0.39, 0.29) is 0 Å². The summed E-state index contributed by atoms with van der Waals surface area (Å²) in [5.41, 5.74) is 8.06. The lowest BCUT2D eigenvalue weighted by atomic mass is 10.00. The van der Waals surface area contributed by atoms with Crippen molar-refractivity contribution in [3.8, 4) is 22.4 Å². The molecule has 218 valence electrons. The Kier molecular flexibility index (Phi) is 5.17. The second-order valence-electron chi connectivity index (χ2n) is 12.3. The van der Waals surface area contributed by atoms with Gasteiger partial charge in [-0.2, -0.15) is 0 Å². The van der Waals surface area contributed by atoms with Crippen LogP contribution in [-0.4, -0.2) is 9.38 Å². The normalized spacial score (nSPS) is 12.3. The highest BCUT2D eigenvalue weighted by Crippen LogP contribution is 2.43. The third kappa shape index (κ3) is 3.57. The number of hydrogen-bond donors (Lipinski definition) is 0. The zero-order valence-corrected chi connectivity index (χ0v) is 26.7. The van der Waals surface area contributed by atoms with Gasteiger partial charge in [0.25, 0.3) is 0 Å². The predicted molar refractivity (Wildman–Crippen MR) is 204 cm³/mol. The molecule has 0 saturated carbocycles. The smallest absolute Gasteiger partial charge is 0.156 e. The number of hydrogen-bond acceptors (Lipinski definition) is 3. The minimum Gasteiger partial charge on any atom is -0.291 e. The van der Waals surface area contributed by atoms with Gasteiger partial charge in [-0.25, -0.2) is 4.98 Å². The van der Waals surface area contributed by atoms with E-state index in [0.29, 0.717) is 0 Å². The zero-order chi connectivity index (χ0) is 30.6. The maximum atomic E-state index is 5.45. The molecule has 0 amide bonds. The Morgan fingerprint density at radius 3 is 1.94 bits per heavy atom. The number of thiophene rings is 2. The Morgan fingerprint density at radius 1 is 0.447 bits per heavy atom. The van der Waals surface area contributed by atoms with Crippen molar-refractivity contribution in [2.45, 2.75) is 0 Å². The topological polar surface area (TPSA) is 17.3 Å². The molecule has 2 nitrogen and oxygen atoms in total. The number of nitrogens with zero attached hydrogens (tertiary/aromatic N) is 2. The lowest BCUT2D eigenvalue weighted by molar-refractivity contribution is 1.25. The first-order valence-electron chi connectivity index (χ1n) is 15.9. The van der Waals surface area contributed by atoms with Crippen LogP contribution < -0.4 is 0 Å². The van der Waals surface area contributed by atoms with Crippen LogP contribution in [0.1, 0.15) is 0 Å². The van der Waals surface area contributed by atoms with Crippen LogP contribution in [0.5, 0.6) is 0 Å². The van der Waals surface area contributed by atoms with Gasteiger partial charge in [0.2, 0.25) is 0 Å². The molecular weight excluding hydrogens is 609 g/mol. The molecule has 4 aromatic heterocycles. The summed E-state index contributed by atoms with van der Waals surface area (Å²) in [7, 11) is 0. The molecule has 47 heavy (non-hydrogen) atoms. The summed E-state index contributed by atoms with van der Waals surface area (Å²) in [6.45, 7) is 0. The van der Waals surface area contributed by atoms with Crippen molar-refractivity contribution in [2.24, 2.45) is 0 Å². The average Bonchev–Trinajstić information content (AvgIpc) is 3.83. The Balaban J connectivity index is 1.18. The summed E-state index contributed by atoms with van der Waals surface area (Å²) in [6, 6.07) is 53.4. The number of pyridine rings is 1. The van der Waals surface area contributed by atoms with Crippen molar-refractivity contribution >= 4 is 101 Å². The van der Waals surface area contributed by atoms with Gasteiger partial charge >= 0.3 is 0 Å². The summed E-state index contributed by atoms with van der Waals surface area (Å²) in [4.78, 5) is 5.45. The van der Waals surface area contributed by atoms with Crippen molar-refractivity contribution in [3.63, 3.8) is 0 Å². The minimum atomic E-state index is 1.02. The van der Waals surface area contributed by atoms with Crippen molar-refractivity contribution in [1.82, 2.24) is 9.38 Å². The fraction of sp³-hybridized carbons (Fsp3) is 0. The maximum Gasteiger partial charge on any atom is 0.156 e. The Labute approximate surface area is 277 Å². The van der Waals surface area contributed by atoms with Gasteiger partial charge in [0.05, 0.1) is 21.4 Å². The van der Waals surface area contributed by atoms with Crippen LogP contribution in [0.25, 0.3) is 101 Å². The summed E-state index contributed by atoms with van der Waals surface area (Å²) in [5.74, 6) is 0. The monoisotopic (exact) mass is 632 g/mol. The predicted octanol–water partition coefficient (Wildman–Crippen LogP) is 12.9. The standard InChI is InChI=1S/C43H24N2S2/c1-2-9-28-25(8-1)20-21-33-30(28)22-23-36-40(33)44-43-42-35(32-11-4-6-15-39(32)47-42)24-37(45(36)43)27-18-16-26(17-19-27)29-12-7-13-34-31-10-3-5-14-38(31)46-41(29)34/h1-24H. The molecule has 4 heteroatoms. The van der Waals surface area contributed by atoms with Crippen molar-refractivity contribution in [2.75, 3.05) is 0 Å². The lowest BCUT2D eigenvalue weighted by Gasteiger charge is -2.11. The number of imidazole rings is 1. The van der Waals surface area contributed by atoms with Gasteiger partial charge in [-0.1, -0.05) is 121 Å². The Morgan fingerprint density at radius 2 is 1.11 bits per heavy atom. The SMILES string of the molecule is c1ccc2c(c1)ccc1c2ccc2c1nc1c3sc4ccccc4c3cc(-c3ccc(-c4cccc5c4sc4ccccc45)cc3)n21. The Hall–Kier alpha value is -5.55. The molecule has 0 aliphatic heterocycles. The van der Waals surface area contributed by atoms with Crippen LogP contribution in [0.4, 0.5) is 0 Å². The van der Waals surface area contributed by atoms with Crippen LogP contribution in [0.15, 0.2) is 146 Å². The molecule has 0 radical (unpaired) electrons. The zero-order valence-electron chi connectivity index (χ0n) is 25.1. The maximum absolute atomic E-state index is 5.45. The fourth-order valence-corrected chi connectivity index (χ4v) is 10.0. The highest BCUT2D eigenvalue weighted by molar-refractivity contribution is 7.26. The van der Waals surface area contributed by atoms with Gasteiger partial charge < -0.3 is 0 Å². The van der Waals surface area contributed by atoms with Gasteiger partial charge in [-0.15, -0.1) is 22.7 Å². The largest absolute Gasteiger partial charge is 0.291 e. The average molecular weight is 633 g/mol. The second-order valence-corrected chi connectivity index (χ2v) is 14.4. The molecule has 0 saturated heterocycles. The van der Waals surface area contributed by atoms with Crippen LogP contribution >= 0.6 is 22.7 Å². The van der Waals surface area contributed by atoms with Gasteiger partial charge in [0.15, 0.2) is 5.65 Å². The molecule has 0 fully saturated rings. The number of aromatic nitrogens is 2. The Bertz CT molecular complexity index is 3070. The number of fused-ring (bicyclic) bond motifs is 14. The quantitative estimate of drug-likeness (QED) is 0.173. The van der Waals surface area contributed by atoms with E-state index in [0.717, 1.165) is 22.4 Å². The van der Waals surface area contributed by atoms with Gasteiger partial charge in [0.1, 0.15) is 0 Å². The van der Waals surface area contributed by atoms with Crippen LogP contribution in [0, 0.1) is 0 Å². The highest BCUT2D eigenvalue weighted by atomic mass is 32.1. The highest BCUT2D eigenvalue weighted by Gasteiger charge is 2.19. The minimum absolute atomic E-state index is 1.02. The van der Waals surface area contributed by atoms with Gasteiger partial charge in [0, 0.05) is 41.0 Å². The van der Waals surface area contributed by atoms with E-state index in [9.17, 15) is 0 Å². The summed E-state index contributed by atoms with van der Waals surface area (Å²) in [6.07, 6.45) is 0. The molecule has 0 N–H and O–H groups in total. The third-order valence-corrected chi connectivity index (χ3v) is 12.2. The van der Waals surface area contributed by atoms with E-state index < -0.39 is 0 Å². The summed E-state index contributed by atoms with van der Waals surface area (Å²) < 4.78 is 7.58. The molecule has 4 heterocycles. The van der Waals surface area contributed by atoms with E-state index in [1.165, 1.54) is 78.6 Å². The summed E-state index contributed by atoms with van der Waals surface area (Å²) >= 11 is 3.72. The molecule has 0 aliphatic rings. The lowest BCUT2D eigenvalue weighted by Crippen LogP contribution is -1.93. The van der Waals surface area contributed by atoms with Gasteiger partial charge in [-0.3, -0.25) is 4.40 Å². The fourth-order valence-electron chi connectivity index (χ4n) is 7.61. The van der Waals surface area contributed by atoms with Crippen LogP contribution in [0.3, 0.4) is 0 Å². The number of benzene rings is 7. The van der Waals surface area contributed by atoms with Crippen molar-refractivity contribution < 1.29 is 0 Å². The summed E-state index contributed by atoms with van der Waals surface area (Å²) in [5, 5.41) is 10.2. The third-order valence-electron chi connectivity index (χ3n) is 9.80. The first-order chi connectivity index (χ1) is 23.3. The van der Waals surface area contributed by atoms with Gasteiger partial charge in [-0.05, 0) is 57.1 Å². The van der Waals surface area contributed by atoms with Crippen molar-refractivity contribution in [3.05, 3.63) is 146 Å². The first-order valence-corrected chi connectivity index (χ1v) is 17.5. The van der Waals surface area contributed by atoms with E-state index >= 15 is 0 Å². The first kappa shape index (κ1) is 25.6. The molecule has 0 aliphatic carbocycles. The second kappa shape index (κ2) is 9.49. The van der Waals surface area contributed by atoms with E-state index in [4.69, 9.17) is 4.98 Å². The van der Waals surface area contributed by atoms with E-state index in [2.05, 4.69) is 150 Å². The molecule has 0 bridgehead atoms. The molecular formula is C43H24N2S2. The molecule has 0 spiro atoms. The van der Waals surface area contributed by atoms with Crippen LogP contribution in [-0.2, 0) is 0 Å². The number of rotatable bonds is 2. The van der Waals surface area contributed by atoms with E-state index in [1.54, 1.807) is 0 Å².